The van der Waals surface area contributed by atoms with Crippen LogP contribution in [0.2, 0.25) is 5.02 Å². The molecule has 0 radical (unpaired) electrons. The van der Waals surface area contributed by atoms with Gasteiger partial charge in [0.25, 0.3) is 6.01 Å². The summed E-state index contributed by atoms with van der Waals surface area (Å²) in [7, 11) is 0. The van der Waals surface area contributed by atoms with Crippen LogP contribution in [-0.4, -0.2) is 62.7 Å². The summed E-state index contributed by atoms with van der Waals surface area (Å²) < 4.78 is 32.0. The van der Waals surface area contributed by atoms with Crippen molar-refractivity contribution in [2.75, 3.05) is 13.2 Å². The summed E-state index contributed by atoms with van der Waals surface area (Å²) in [5, 5.41) is 10.1. The van der Waals surface area contributed by atoms with Gasteiger partial charge in [0.1, 0.15) is 18.3 Å². The fourth-order valence-corrected chi connectivity index (χ4v) is 4.46. The Morgan fingerprint density at radius 2 is 1.85 bits per heavy atom. The van der Waals surface area contributed by atoms with Gasteiger partial charge < -0.3 is 24.3 Å². The van der Waals surface area contributed by atoms with Crippen LogP contribution in [0, 0.1) is 5.95 Å². The number of nitrogens with one attached hydrogen (secondary N) is 1. The third-order valence-electron chi connectivity index (χ3n) is 5.82. The molecule has 4 aromatic rings. The van der Waals surface area contributed by atoms with E-state index in [1.54, 1.807) is 18.2 Å². The van der Waals surface area contributed by atoms with Crippen LogP contribution < -0.4 is 4.74 Å². The Kier molecular flexibility index (Phi) is 4.99. The summed E-state index contributed by atoms with van der Waals surface area (Å²) >= 11 is 6.42. The molecule has 0 amide bonds. The van der Waals surface area contributed by atoms with Crippen LogP contribution in [-0.2, 0) is 9.47 Å². The fourth-order valence-electron chi connectivity index (χ4n) is 4.21. The van der Waals surface area contributed by atoms with Gasteiger partial charge >= 0.3 is 0 Å². The Hall–Kier alpha value is -3.11. The Labute approximate surface area is 192 Å². The lowest BCUT2D eigenvalue weighted by molar-refractivity contribution is 0.00706. The van der Waals surface area contributed by atoms with E-state index in [0.717, 1.165) is 5.56 Å². The van der Waals surface area contributed by atoms with Crippen LogP contribution in [0.3, 0.4) is 0 Å². The number of benzene rings is 1. The van der Waals surface area contributed by atoms with Gasteiger partial charge in [0.05, 0.1) is 40.7 Å². The summed E-state index contributed by atoms with van der Waals surface area (Å²) in [6.07, 6.45) is -1.87. The van der Waals surface area contributed by atoms with Crippen LogP contribution in [0.1, 0.15) is 0 Å². The second-order valence-corrected chi connectivity index (χ2v) is 8.36. The molecule has 168 valence electrons. The zero-order chi connectivity index (χ0) is 22.5. The van der Waals surface area contributed by atoms with Crippen molar-refractivity contribution in [1.82, 2.24) is 19.9 Å². The molecular formula is C23H18ClFN4O4. The molecule has 6 rings (SSSR count). The molecule has 0 bridgehead atoms. The Morgan fingerprint density at radius 1 is 1.03 bits per heavy atom. The average Bonchev–Trinajstić information content (AvgIpc) is 3.51. The largest absolute Gasteiger partial charge is 0.456 e. The molecule has 33 heavy (non-hydrogen) atoms. The summed E-state index contributed by atoms with van der Waals surface area (Å²) in [5.74, 6) is -0.678. The van der Waals surface area contributed by atoms with Crippen molar-refractivity contribution in [3.63, 3.8) is 0 Å². The van der Waals surface area contributed by atoms with E-state index in [4.69, 9.17) is 25.8 Å². The predicted octanol–water partition coefficient (Wildman–Crippen LogP) is 3.39. The van der Waals surface area contributed by atoms with E-state index in [1.807, 2.05) is 30.3 Å². The molecule has 2 aliphatic rings. The maximum absolute atomic E-state index is 14.9. The third kappa shape index (κ3) is 3.63. The van der Waals surface area contributed by atoms with Crippen molar-refractivity contribution >= 4 is 22.8 Å². The van der Waals surface area contributed by atoms with E-state index in [9.17, 15) is 9.50 Å². The molecule has 2 N–H and O–H groups in total. The standard InChI is InChI=1S/C23H18ClFN4O4/c24-13-8-15-22(29-23(27-15)33-17-10-32-19-16(30)9-31-20(17)19)28-18(13)12-6-7-14(26-21(12)25)11-4-2-1-3-5-11/h1-8,16-17,19-20,30H,9-10H2,(H,27,28,29)/t16-,17-,19-,20-/m1/s1. The van der Waals surface area contributed by atoms with E-state index in [1.165, 1.54) is 0 Å². The normalized spacial score (nSPS) is 24.3. The minimum absolute atomic E-state index is 0.174. The average molecular weight is 469 g/mol. The zero-order valence-corrected chi connectivity index (χ0v) is 17.9. The van der Waals surface area contributed by atoms with E-state index in [2.05, 4.69) is 19.9 Å². The number of aromatic nitrogens is 4. The van der Waals surface area contributed by atoms with Gasteiger partial charge in [-0.15, -0.1) is 0 Å². The van der Waals surface area contributed by atoms with Crippen molar-refractivity contribution in [3.8, 4) is 28.5 Å². The highest BCUT2D eigenvalue weighted by atomic mass is 35.5. The molecule has 2 saturated heterocycles. The number of rotatable bonds is 4. The third-order valence-corrected chi connectivity index (χ3v) is 6.11. The van der Waals surface area contributed by atoms with E-state index in [-0.39, 0.29) is 41.6 Å². The Morgan fingerprint density at radius 3 is 2.67 bits per heavy atom. The van der Waals surface area contributed by atoms with Gasteiger partial charge in [-0.3, -0.25) is 0 Å². The number of hydrogen-bond acceptors (Lipinski definition) is 7. The first-order valence-electron chi connectivity index (χ1n) is 10.4. The monoisotopic (exact) mass is 468 g/mol. The van der Waals surface area contributed by atoms with Gasteiger partial charge in [-0.25, -0.2) is 9.97 Å². The highest BCUT2D eigenvalue weighted by molar-refractivity contribution is 6.33. The lowest BCUT2D eigenvalue weighted by Crippen LogP contribution is -2.34. The molecule has 0 spiro atoms. The molecule has 10 heteroatoms. The summed E-state index contributed by atoms with van der Waals surface area (Å²) in [4.78, 5) is 15.9. The molecule has 3 aromatic heterocycles. The van der Waals surface area contributed by atoms with Crippen LogP contribution in [0.25, 0.3) is 33.7 Å². The first-order chi connectivity index (χ1) is 16.1. The van der Waals surface area contributed by atoms with Gasteiger partial charge in [-0.05, 0) is 18.2 Å². The first-order valence-corrected chi connectivity index (χ1v) is 10.8. The van der Waals surface area contributed by atoms with Crippen molar-refractivity contribution in [2.45, 2.75) is 24.4 Å². The number of pyridine rings is 2. The lowest BCUT2D eigenvalue weighted by atomic mass is 10.1. The highest BCUT2D eigenvalue weighted by Gasteiger charge is 2.48. The number of nitrogens with zero attached hydrogens (tertiary/aromatic N) is 3. The number of ether oxygens (including phenoxy) is 3. The number of aliphatic hydroxyl groups excluding tert-OH is 1. The topological polar surface area (TPSA) is 102 Å². The minimum Gasteiger partial charge on any atom is -0.456 e. The molecule has 0 unspecified atom stereocenters. The maximum Gasteiger partial charge on any atom is 0.296 e. The van der Waals surface area contributed by atoms with Gasteiger partial charge in [0.2, 0.25) is 5.95 Å². The number of imidazole rings is 1. The minimum atomic E-state index is -0.678. The second-order valence-electron chi connectivity index (χ2n) is 7.95. The number of aromatic amines is 1. The van der Waals surface area contributed by atoms with Crippen molar-refractivity contribution in [1.29, 1.82) is 0 Å². The molecule has 1 aromatic carbocycles. The van der Waals surface area contributed by atoms with Crippen LogP contribution in [0.5, 0.6) is 6.01 Å². The van der Waals surface area contributed by atoms with E-state index in [0.29, 0.717) is 16.9 Å². The summed E-state index contributed by atoms with van der Waals surface area (Å²) in [6.45, 7) is 0.478. The Balaban J connectivity index is 1.29. The molecule has 5 heterocycles. The second kappa shape index (κ2) is 8.03. The number of aliphatic hydroxyl groups is 1. The smallest absolute Gasteiger partial charge is 0.296 e. The van der Waals surface area contributed by atoms with Crippen LogP contribution >= 0.6 is 11.6 Å². The zero-order valence-electron chi connectivity index (χ0n) is 17.1. The molecule has 0 aliphatic carbocycles. The molecule has 0 saturated carbocycles. The summed E-state index contributed by atoms with van der Waals surface area (Å²) in [5.41, 5.74) is 2.59. The summed E-state index contributed by atoms with van der Waals surface area (Å²) in [6, 6.07) is 14.5. The Bertz CT molecular complexity index is 1340. The SMILES string of the molecule is O[C@@H]1CO[C@H]2[C@@H]1OC[C@H]2Oc1nc2nc(-c3ccc(-c4ccccc4)nc3F)c(Cl)cc2[nH]1. The lowest BCUT2D eigenvalue weighted by Gasteiger charge is -2.15. The van der Waals surface area contributed by atoms with E-state index < -0.39 is 24.3 Å². The van der Waals surface area contributed by atoms with Crippen LogP contribution in [0.4, 0.5) is 4.39 Å². The van der Waals surface area contributed by atoms with Gasteiger partial charge in [0, 0.05) is 5.56 Å². The van der Waals surface area contributed by atoms with Crippen molar-refractivity contribution in [2.24, 2.45) is 0 Å². The van der Waals surface area contributed by atoms with Crippen molar-refractivity contribution < 1.29 is 23.7 Å². The number of fused-ring (bicyclic) bond motifs is 2. The van der Waals surface area contributed by atoms with E-state index >= 15 is 0 Å². The number of H-pyrrole nitrogens is 1. The molecular weight excluding hydrogens is 451 g/mol. The highest BCUT2D eigenvalue weighted by Crippen LogP contribution is 2.33. The van der Waals surface area contributed by atoms with Gasteiger partial charge in [0.15, 0.2) is 11.8 Å². The number of halogens is 2. The fraction of sp³-hybridized carbons (Fsp3) is 0.261. The van der Waals surface area contributed by atoms with Crippen molar-refractivity contribution in [3.05, 3.63) is 59.5 Å². The number of hydrogen-bond donors (Lipinski definition) is 2. The van der Waals surface area contributed by atoms with Gasteiger partial charge in [-0.1, -0.05) is 41.9 Å². The quantitative estimate of drug-likeness (QED) is 0.442. The first kappa shape index (κ1) is 20.5. The molecule has 2 fully saturated rings. The van der Waals surface area contributed by atoms with Gasteiger partial charge in [-0.2, -0.15) is 9.37 Å². The molecule has 2 aliphatic heterocycles. The predicted molar refractivity (Wildman–Crippen MR) is 117 cm³/mol. The van der Waals surface area contributed by atoms with Crippen LogP contribution in [0.15, 0.2) is 48.5 Å². The molecule has 8 nitrogen and oxygen atoms in total. The molecule has 4 atom stereocenters. The maximum atomic E-state index is 14.9.